The van der Waals surface area contributed by atoms with Gasteiger partial charge in [-0.1, -0.05) is 72.8 Å². The van der Waals surface area contributed by atoms with Crippen molar-refractivity contribution < 1.29 is 0 Å². The van der Waals surface area contributed by atoms with Crippen molar-refractivity contribution in [2.75, 3.05) is 0 Å². The van der Waals surface area contributed by atoms with Crippen LogP contribution in [0.1, 0.15) is 0 Å². The van der Waals surface area contributed by atoms with Gasteiger partial charge in [-0.3, -0.25) is 0 Å². The van der Waals surface area contributed by atoms with Crippen molar-refractivity contribution in [2.45, 2.75) is 0 Å². The van der Waals surface area contributed by atoms with Gasteiger partial charge in [-0.15, -0.1) is 0 Å². The van der Waals surface area contributed by atoms with Crippen molar-refractivity contribution in [1.29, 1.82) is 0 Å². The topological polar surface area (TPSA) is 0 Å². The summed E-state index contributed by atoms with van der Waals surface area (Å²) in [4.78, 5) is 0. The lowest BCUT2D eigenvalue weighted by molar-refractivity contribution is 1.53. The smallest absolute Gasteiger partial charge is 0.0256 e. The van der Waals surface area contributed by atoms with Crippen molar-refractivity contribution in [3.63, 3.8) is 0 Å². The molecular weight excluding hydrogens is 192 g/mol. The lowest BCUT2D eigenvalue weighted by Gasteiger charge is -1.90. The molecule has 0 heterocycles. The molecule has 0 aromatic heterocycles. The quantitative estimate of drug-likeness (QED) is 0.587. The van der Waals surface area contributed by atoms with E-state index in [0.717, 1.165) is 0 Å². The third-order valence-electron chi connectivity index (χ3n) is 2.81. The number of hydrogen-bond acceptors (Lipinski definition) is 0. The summed E-state index contributed by atoms with van der Waals surface area (Å²) in [7, 11) is 0. The van der Waals surface area contributed by atoms with Crippen LogP contribution in [0.5, 0.6) is 0 Å². The molecule has 0 saturated heterocycles. The summed E-state index contributed by atoms with van der Waals surface area (Å²) < 4.78 is 0. The van der Waals surface area contributed by atoms with Crippen LogP contribution in [0.2, 0.25) is 0 Å². The number of benzene rings is 2. The van der Waals surface area contributed by atoms with E-state index in [1.807, 2.05) is 0 Å². The standard InChI is InChI=1S/C16H12/c1-2-14-4-3-13(1)9-10-15-5-7-16(8-6-15)12-11-14/h1-12H. The Labute approximate surface area is 94.2 Å². The minimum Gasteiger partial charge on any atom is -0.0544 e. The van der Waals surface area contributed by atoms with Gasteiger partial charge in [0.05, 0.1) is 0 Å². The van der Waals surface area contributed by atoms with E-state index in [-0.39, 0.29) is 0 Å². The van der Waals surface area contributed by atoms with Crippen LogP contribution in [0.3, 0.4) is 0 Å². The van der Waals surface area contributed by atoms with Crippen LogP contribution in [0, 0.1) is 0 Å². The molecule has 6 rings (SSSR count). The zero-order valence-electron chi connectivity index (χ0n) is 8.93. The first kappa shape index (κ1) is 9.17. The van der Waals surface area contributed by atoms with Crippen molar-refractivity contribution in [2.24, 2.45) is 0 Å². The summed E-state index contributed by atoms with van der Waals surface area (Å²) in [6.45, 7) is 0. The highest BCUT2D eigenvalue weighted by atomic mass is 13.9. The minimum absolute atomic E-state index is 1.24. The molecule has 2 aromatic rings. The molecule has 0 fully saturated rings. The van der Waals surface area contributed by atoms with Gasteiger partial charge in [0.1, 0.15) is 0 Å². The summed E-state index contributed by atoms with van der Waals surface area (Å²) in [5.74, 6) is 0. The molecular formula is C16H12. The van der Waals surface area contributed by atoms with Gasteiger partial charge >= 0.3 is 0 Å². The lowest BCUT2D eigenvalue weighted by Crippen LogP contribution is -2.10. The first-order chi connectivity index (χ1) is 7.90. The maximum absolute atomic E-state index is 2.14. The van der Waals surface area contributed by atoms with Gasteiger partial charge in [-0.05, 0) is 20.9 Å². The first-order valence-electron chi connectivity index (χ1n) is 5.46. The van der Waals surface area contributed by atoms with Crippen LogP contribution in [0.25, 0.3) is 24.3 Å². The Morgan fingerprint density at radius 3 is 0.688 bits per heavy atom. The molecule has 0 nitrogen and oxygen atoms in total. The van der Waals surface area contributed by atoms with Gasteiger partial charge in [0.2, 0.25) is 0 Å². The summed E-state index contributed by atoms with van der Waals surface area (Å²) in [5, 5.41) is 4.95. The van der Waals surface area contributed by atoms with Crippen LogP contribution < -0.4 is 20.9 Å². The van der Waals surface area contributed by atoms with Crippen LogP contribution >= 0.6 is 0 Å². The Morgan fingerprint density at radius 1 is 0.312 bits per heavy atom. The highest BCUT2D eigenvalue weighted by Crippen LogP contribution is 1.80. The van der Waals surface area contributed by atoms with Gasteiger partial charge in [0, 0.05) is 0 Å². The zero-order valence-corrected chi connectivity index (χ0v) is 8.93. The van der Waals surface area contributed by atoms with Gasteiger partial charge < -0.3 is 0 Å². The molecule has 4 bridgehead atoms. The highest BCUT2D eigenvalue weighted by Gasteiger charge is 1.83. The van der Waals surface area contributed by atoms with Gasteiger partial charge in [0.25, 0.3) is 0 Å². The molecule has 0 unspecified atom stereocenters. The fraction of sp³-hybridized carbons (Fsp3) is 0. The second-order valence-electron chi connectivity index (χ2n) is 4.00. The Morgan fingerprint density at radius 2 is 0.500 bits per heavy atom. The van der Waals surface area contributed by atoms with Gasteiger partial charge in [-0.2, -0.15) is 0 Å². The molecule has 2 aromatic carbocycles. The second kappa shape index (κ2) is 3.82. The third-order valence-corrected chi connectivity index (χ3v) is 2.81. The van der Waals surface area contributed by atoms with E-state index in [1.165, 1.54) is 20.9 Å². The second-order valence-corrected chi connectivity index (χ2v) is 4.00. The molecule has 0 radical (unpaired) electrons. The molecule has 76 valence electrons. The Balaban J connectivity index is 2.44. The van der Waals surface area contributed by atoms with E-state index >= 15 is 0 Å². The van der Waals surface area contributed by atoms with E-state index in [1.54, 1.807) is 0 Å². The van der Waals surface area contributed by atoms with Gasteiger partial charge in [0.15, 0.2) is 0 Å². The average molecular weight is 204 g/mol. The van der Waals surface area contributed by atoms with Gasteiger partial charge in [-0.25, -0.2) is 0 Å². The fourth-order valence-electron chi connectivity index (χ4n) is 1.82. The predicted molar refractivity (Wildman–Crippen MR) is 69.2 cm³/mol. The van der Waals surface area contributed by atoms with E-state index in [2.05, 4.69) is 72.8 Å². The summed E-state index contributed by atoms with van der Waals surface area (Å²) >= 11 is 0. The van der Waals surface area contributed by atoms with Crippen molar-refractivity contribution in [1.82, 2.24) is 0 Å². The van der Waals surface area contributed by atoms with Crippen LogP contribution in [0.4, 0.5) is 0 Å². The Bertz CT molecular complexity index is 569. The molecule has 0 heteroatoms. The SMILES string of the molecule is C1=c2ccc(cc2)=CC=c2ccc(cc2)=C1. The molecule has 0 saturated carbocycles. The lowest BCUT2D eigenvalue weighted by atomic mass is 10.2. The van der Waals surface area contributed by atoms with Crippen LogP contribution in [0.15, 0.2) is 48.5 Å². The Hall–Kier alpha value is -2.08. The molecule has 0 N–H and O–H groups in total. The zero-order chi connectivity index (χ0) is 10.8. The van der Waals surface area contributed by atoms with Crippen LogP contribution in [-0.2, 0) is 0 Å². The van der Waals surface area contributed by atoms with E-state index in [4.69, 9.17) is 0 Å². The fourth-order valence-corrected chi connectivity index (χ4v) is 1.82. The summed E-state index contributed by atoms with van der Waals surface area (Å²) in [5.41, 5.74) is 0. The van der Waals surface area contributed by atoms with E-state index in [9.17, 15) is 0 Å². The minimum atomic E-state index is 1.24. The Kier molecular flexibility index (Phi) is 2.19. The number of rotatable bonds is 0. The predicted octanol–water partition coefficient (Wildman–Crippen LogP) is 0.522. The molecule has 0 amide bonds. The van der Waals surface area contributed by atoms with Crippen LogP contribution in [-0.4, -0.2) is 0 Å². The largest absolute Gasteiger partial charge is 0.0544 e. The molecule has 16 heavy (non-hydrogen) atoms. The highest BCUT2D eigenvalue weighted by molar-refractivity contribution is 5.63. The molecule has 4 aliphatic rings. The molecule has 0 atom stereocenters. The van der Waals surface area contributed by atoms with E-state index < -0.39 is 0 Å². The summed E-state index contributed by atoms with van der Waals surface area (Å²) in [6.07, 6.45) is 8.57. The maximum atomic E-state index is 2.14. The maximum Gasteiger partial charge on any atom is -0.0256 e. The monoisotopic (exact) mass is 204 g/mol. The summed E-state index contributed by atoms with van der Waals surface area (Å²) in [6, 6.07) is 17.1. The molecule has 0 spiro atoms. The van der Waals surface area contributed by atoms with Crippen molar-refractivity contribution >= 4 is 24.3 Å². The normalized spacial score (nSPS) is 12.5. The average Bonchev–Trinajstić information content (AvgIpc) is 2.33. The van der Waals surface area contributed by atoms with Crippen molar-refractivity contribution in [3.8, 4) is 0 Å². The van der Waals surface area contributed by atoms with Crippen molar-refractivity contribution in [3.05, 3.63) is 69.4 Å². The third kappa shape index (κ3) is 1.82. The molecule has 4 aliphatic carbocycles. The molecule has 0 aliphatic heterocycles. The first-order valence-corrected chi connectivity index (χ1v) is 5.46. The number of hydrogen-bond donors (Lipinski definition) is 0. The van der Waals surface area contributed by atoms with E-state index in [0.29, 0.717) is 0 Å².